The maximum atomic E-state index is 12.3. The van der Waals surface area contributed by atoms with Gasteiger partial charge in [-0.15, -0.1) is 11.3 Å². The van der Waals surface area contributed by atoms with Crippen LogP contribution in [-0.4, -0.2) is 12.1 Å². The van der Waals surface area contributed by atoms with Crippen molar-refractivity contribution in [2.45, 2.75) is 0 Å². The molecule has 0 saturated heterocycles. The van der Waals surface area contributed by atoms with E-state index in [0.717, 1.165) is 11.3 Å². The highest BCUT2D eigenvalue weighted by atomic mass is 35.5. The standard InChI is InChI=1S/C12H5Cl3O2S/c13-7-3-1-2-6(4-7)10(17)9-8(5-16)11(14)18-12(9)15/h1-5H. The Balaban J connectivity index is 2.56. The highest BCUT2D eigenvalue weighted by Gasteiger charge is 2.22. The van der Waals surface area contributed by atoms with Gasteiger partial charge in [0, 0.05) is 10.6 Å². The predicted molar refractivity (Wildman–Crippen MR) is 74.6 cm³/mol. The maximum Gasteiger partial charge on any atom is 0.196 e. The first kappa shape index (κ1) is 13.6. The first-order valence-electron chi connectivity index (χ1n) is 4.78. The second-order valence-electron chi connectivity index (χ2n) is 3.40. The summed E-state index contributed by atoms with van der Waals surface area (Å²) in [5, 5.41) is 0.436. The number of carbonyl (C=O) groups is 2. The van der Waals surface area contributed by atoms with Crippen molar-refractivity contribution in [1.29, 1.82) is 0 Å². The summed E-state index contributed by atoms with van der Waals surface area (Å²) in [6.45, 7) is 0. The predicted octanol–water partition coefficient (Wildman–Crippen LogP) is 4.75. The van der Waals surface area contributed by atoms with Crippen molar-refractivity contribution in [3.8, 4) is 0 Å². The Morgan fingerprint density at radius 3 is 2.50 bits per heavy atom. The smallest absolute Gasteiger partial charge is 0.196 e. The molecule has 0 saturated carbocycles. The Morgan fingerprint density at radius 1 is 1.17 bits per heavy atom. The van der Waals surface area contributed by atoms with Crippen LogP contribution in [0.5, 0.6) is 0 Å². The molecule has 0 bridgehead atoms. The quantitative estimate of drug-likeness (QED) is 0.604. The minimum Gasteiger partial charge on any atom is -0.298 e. The van der Waals surface area contributed by atoms with E-state index in [9.17, 15) is 9.59 Å². The average molecular weight is 320 g/mol. The van der Waals surface area contributed by atoms with E-state index < -0.39 is 0 Å². The summed E-state index contributed by atoms with van der Waals surface area (Å²) in [5.41, 5.74) is 0.613. The van der Waals surface area contributed by atoms with Gasteiger partial charge in [0.05, 0.1) is 11.1 Å². The third-order valence-corrected chi connectivity index (χ3v) is 4.16. The van der Waals surface area contributed by atoms with Crippen LogP contribution in [0.25, 0.3) is 0 Å². The van der Waals surface area contributed by atoms with E-state index in [1.54, 1.807) is 18.2 Å². The van der Waals surface area contributed by atoms with Crippen molar-refractivity contribution < 1.29 is 9.59 Å². The fourth-order valence-corrected chi connectivity index (χ4v) is 3.30. The van der Waals surface area contributed by atoms with E-state index in [4.69, 9.17) is 34.8 Å². The Hall–Kier alpha value is -0.870. The Bertz CT molecular complexity index is 634. The molecule has 92 valence electrons. The molecule has 1 aromatic carbocycles. The van der Waals surface area contributed by atoms with Crippen molar-refractivity contribution in [3.05, 3.63) is 54.7 Å². The number of thiophene rings is 1. The van der Waals surface area contributed by atoms with Gasteiger partial charge >= 0.3 is 0 Å². The van der Waals surface area contributed by atoms with Gasteiger partial charge in [0.1, 0.15) is 8.67 Å². The molecular weight excluding hydrogens is 315 g/mol. The number of hydrogen-bond donors (Lipinski definition) is 0. The second-order valence-corrected chi connectivity index (χ2v) is 6.06. The van der Waals surface area contributed by atoms with Gasteiger partial charge in [-0.05, 0) is 12.1 Å². The largest absolute Gasteiger partial charge is 0.298 e. The number of rotatable bonds is 3. The molecule has 0 unspecified atom stereocenters. The summed E-state index contributed by atoms with van der Waals surface area (Å²) in [6.07, 6.45) is 0.530. The van der Waals surface area contributed by atoms with Gasteiger partial charge in [-0.2, -0.15) is 0 Å². The molecule has 0 amide bonds. The average Bonchev–Trinajstić information content (AvgIpc) is 2.62. The molecule has 2 nitrogen and oxygen atoms in total. The zero-order chi connectivity index (χ0) is 13.3. The van der Waals surface area contributed by atoms with Gasteiger partial charge in [0.2, 0.25) is 0 Å². The number of aldehydes is 1. The van der Waals surface area contributed by atoms with Crippen molar-refractivity contribution in [2.75, 3.05) is 0 Å². The number of ketones is 1. The number of benzene rings is 1. The topological polar surface area (TPSA) is 34.1 Å². The first-order chi connectivity index (χ1) is 8.54. The Morgan fingerprint density at radius 2 is 1.89 bits per heavy atom. The van der Waals surface area contributed by atoms with E-state index in [1.807, 2.05) is 0 Å². The second kappa shape index (κ2) is 5.41. The Kier molecular flexibility index (Phi) is 4.07. The van der Waals surface area contributed by atoms with Crippen molar-refractivity contribution in [3.63, 3.8) is 0 Å². The molecule has 0 aliphatic heterocycles. The lowest BCUT2D eigenvalue weighted by atomic mass is 10.0. The van der Waals surface area contributed by atoms with Gasteiger partial charge < -0.3 is 0 Å². The lowest BCUT2D eigenvalue weighted by molar-refractivity contribution is 0.103. The van der Waals surface area contributed by atoms with Gasteiger partial charge in [-0.25, -0.2) is 0 Å². The minimum atomic E-state index is -0.368. The van der Waals surface area contributed by atoms with Crippen molar-refractivity contribution in [1.82, 2.24) is 0 Å². The summed E-state index contributed by atoms with van der Waals surface area (Å²) in [6, 6.07) is 6.42. The van der Waals surface area contributed by atoms with Crippen LogP contribution >= 0.6 is 46.1 Å². The Labute approximate surface area is 122 Å². The minimum absolute atomic E-state index is 0.122. The highest BCUT2D eigenvalue weighted by molar-refractivity contribution is 7.20. The molecule has 1 heterocycles. The molecule has 2 rings (SSSR count). The molecule has 0 aliphatic carbocycles. The van der Waals surface area contributed by atoms with E-state index in [1.165, 1.54) is 6.07 Å². The van der Waals surface area contributed by atoms with E-state index >= 15 is 0 Å². The molecule has 1 aromatic heterocycles. The molecule has 2 aromatic rings. The van der Waals surface area contributed by atoms with Crippen LogP contribution in [0.15, 0.2) is 24.3 Å². The van der Waals surface area contributed by atoms with Gasteiger partial charge in [-0.3, -0.25) is 9.59 Å². The summed E-state index contributed by atoms with van der Waals surface area (Å²) in [5.74, 6) is -0.368. The summed E-state index contributed by atoms with van der Waals surface area (Å²) in [7, 11) is 0. The molecule has 0 fully saturated rings. The molecule has 0 radical (unpaired) electrons. The molecule has 0 atom stereocenters. The first-order valence-corrected chi connectivity index (χ1v) is 6.73. The summed E-state index contributed by atoms with van der Waals surface area (Å²) in [4.78, 5) is 23.2. The number of hydrogen-bond acceptors (Lipinski definition) is 3. The molecule has 0 spiro atoms. The van der Waals surface area contributed by atoms with Crippen LogP contribution in [0.1, 0.15) is 26.3 Å². The third-order valence-electron chi connectivity index (χ3n) is 2.29. The van der Waals surface area contributed by atoms with Gasteiger partial charge in [0.15, 0.2) is 12.1 Å². The number of carbonyl (C=O) groups excluding carboxylic acids is 2. The van der Waals surface area contributed by atoms with Crippen LogP contribution in [0.2, 0.25) is 13.7 Å². The van der Waals surface area contributed by atoms with Gasteiger partial charge in [-0.1, -0.05) is 46.9 Å². The molecule has 18 heavy (non-hydrogen) atoms. The fourth-order valence-electron chi connectivity index (χ4n) is 1.48. The van der Waals surface area contributed by atoms with Gasteiger partial charge in [0.25, 0.3) is 0 Å². The summed E-state index contributed by atoms with van der Waals surface area (Å²) >= 11 is 18.6. The summed E-state index contributed by atoms with van der Waals surface area (Å²) < 4.78 is 0.410. The van der Waals surface area contributed by atoms with Crippen molar-refractivity contribution >= 4 is 58.2 Å². The lowest BCUT2D eigenvalue weighted by Gasteiger charge is -2.01. The van der Waals surface area contributed by atoms with Crippen LogP contribution in [-0.2, 0) is 0 Å². The third kappa shape index (κ3) is 2.45. The maximum absolute atomic E-state index is 12.3. The van der Waals surface area contributed by atoms with E-state index in [-0.39, 0.29) is 25.6 Å². The molecule has 6 heteroatoms. The molecule has 0 aliphatic rings. The normalized spacial score (nSPS) is 10.4. The van der Waals surface area contributed by atoms with E-state index in [2.05, 4.69) is 0 Å². The number of halogens is 3. The van der Waals surface area contributed by atoms with Crippen LogP contribution < -0.4 is 0 Å². The SMILES string of the molecule is O=Cc1c(Cl)sc(Cl)c1C(=O)c1cccc(Cl)c1. The fraction of sp³-hybridized carbons (Fsp3) is 0. The van der Waals surface area contributed by atoms with Crippen molar-refractivity contribution in [2.24, 2.45) is 0 Å². The van der Waals surface area contributed by atoms with Crippen LogP contribution in [0.4, 0.5) is 0 Å². The van der Waals surface area contributed by atoms with E-state index in [0.29, 0.717) is 16.9 Å². The molecule has 0 N–H and O–H groups in total. The van der Waals surface area contributed by atoms with Crippen LogP contribution in [0.3, 0.4) is 0 Å². The zero-order valence-corrected chi connectivity index (χ0v) is 11.8. The van der Waals surface area contributed by atoms with Crippen LogP contribution in [0, 0.1) is 0 Å². The monoisotopic (exact) mass is 318 g/mol. The lowest BCUT2D eigenvalue weighted by Crippen LogP contribution is -2.03. The zero-order valence-electron chi connectivity index (χ0n) is 8.75. The molecular formula is C12H5Cl3O2S. The highest BCUT2D eigenvalue weighted by Crippen LogP contribution is 2.36.